The molecule has 2 N–H and O–H groups in total. The second-order valence-corrected chi connectivity index (χ2v) is 7.18. The van der Waals surface area contributed by atoms with Crippen molar-refractivity contribution in [3.63, 3.8) is 0 Å². The van der Waals surface area contributed by atoms with Crippen LogP contribution in [0.15, 0.2) is 29.2 Å². The van der Waals surface area contributed by atoms with Gasteiger partial charge in [0.25, 0.3) is 5.91 Å². The van der Waals surface area contributed by atoms with E-state index in [9.17, 15) is 9.59 Å². The first kappa shape index (κ1) is 16.8. The fourth-order valence-electron chi connectivity index (χ4n) is 3.44. The third-order valence-corrected chi connectivity index (χ3v) is 5.29. The van der Waals surface area contributed by atoms with Gasteiger partial charge in [-0.05, 0) is 44.6 Å². The van der Waals surface area contributed by atoms with Gasteiger partial charge in [-0.2, -0.15) is 5.10 Å². The summed E-state index contributed by atoms with van der Waals surface area (Å²) in [5, 5.41) is 14.0. The van der Waals surface area contributed by atoms with Gasteiger partial charge in [0.15, 0.2) is 0 Å². The second-order valence-electron chi connectivity index (χ2n) is 7.18. The highest BCUT2D eigenvalue weighted by Gasteiger charge is 2.32. The monoisotopic (exact) mass is 357 g/mol. The Morgan fingerprint density at radius 2 is 2.04 bits per heavy atom. The number of carbonyl (C=O) groups excluding carboxylic acids is 2. The third-order valence-electron chi connectivity index (χ3n) is 5.29. The SMILES string of the molecule is O=C(CCc1cnoc1)NC1CC(NC(=O)c2ccnn2C2CCC2)C1. The van der Waals surface area contributed by atoms with Gasteiger partial charge in [-0.1, -0.05) is 5.16 Å². The maximum absolute atomic E-state index is 12.5. The van der Waals surface area contributed by atoms with Crippen LogP contribution in [0, 0.1) is 0 Å². The lowest BCUT2D eigenvalue weighted by atomic mass is 9.86. The predicted molar refractivity (Wildman–Crippen MR) is 92.4 cm³/mol. The zero-order valence-corrected chi connectivity index (χ0v) is 14.6. The molecule has 0 aliphatic heterocycles. The molecule has 8 heteroatoms. The van der Waals surface area contributed by atoms with Crippen LogP contribution in [0.3, 0.4) is 0 Å². The first-order chi connectivity index (χ1) is 12.7. The Bertz CT molecular complexity index is 760. The van der Waals surface area contributed by atoms with Crippen molar-refractivity contribution >= 4 is 11.8 Å². The van der Waals surface area contributed by atoms with Crippen LogP contribution in [0.4, 0.5) is 0 Å². The van der Waals surface area contributed by atoms with Crippen molar-refractivity contribution in [3.8, 4) is 0 Å². The second kappa shape index (κ2) is 7.31. The molecule has 0 unspecified atom stereocenters. The normalized spacial score (nSPS) is 22.3. The van der Waals surface area contributed by atoms with Crippen LogP contribution in [0.1, 0.15) is 60.6 Å². The van der Waals surface area contributed by atoms with Crippen LogP contribution in [-0.4, -0.2) is 38.8 Å². The Hall–Kier alpha value is -2.64. The average Bonchev–Trinajstić information content (AvgIpc) is 3.20. The van der Waals surface area contributed by atoms with Gasteiger partial charge in [-0.3, -0.25) is 14.3 Å². The molecule has 2 aromatic rings. The van der Waals surface area contributed by atoms with Gasteiger partial charge >= 0.3 is 0 Å². The fourth-order valence-corrected chi connectivity index (χ4v) is 3.44. The van der Waals surface area contributed by atoms with E-state index in [1.165, 1.54) is 6.42 Å². The van der Waals surface area contributed by atoms with Gasteiger partial charge in [0.05, 0.1) is 12.2 Å². The number of nitrogens with one attached hydrogen (secondary N) is 2. The summed E-state index contributed by atoms with van der Waals surface area (Å²) in [5.41, 5.74) is 1.55. The Morgan fingerprint density at radius 3 is 2.73 bits per heavy atom. The quantitative estimate of drug-likeness (QED) is 0.784. The summed E-state index contributed by atoms with van der Waals surface area (Å²) in [5.74, 6) is -0.0549. The van der Waals surface area contributed by atoms with Crippen molar-refractivity contribution in [1.29, 1.82) is 0 Å². The van der Waals surface area contributed by atoms with Crippen LogP contribution < -0.4 is 10.6 Å². The molecule has 2 amide bonds. The molecule has 8 nitrogen and oxygen atoms in total. The summed E-state index contributed by atoms with van der Waals surface area (Å²) in [6.45, 7) is 0. The van der Waals surface area contributed by atoms with Crippen molar-refractivity contribution < 1.29 is 14.1 Å². The number of hydrogen-bond donors (Lipinski definition) is 2. The van der Waals surface area contributed by atoms with E-state index in [1.807, 2.05) is 4.68 Å². The standard InChI is InChI=1S/C18H23N5O3/c24-17(5-4-12-10-20-26-11-12)21-13-8-14(9-13)22-18(25)16-6-7-19-23(16)15-2-1-3-15/h6-7,10-11,13-15H,1-5,8-9H2,(H,21,24)(H,22,25). The third kappa shape index (κ3) is 3.63. The van der Waals surface area contributed by atoms with Crippen LogP contribution in [-0.2, 0) is 11.2 Å². The molecule has 2 fully saturated rings. The molecule has 4 rings (SSSR count). The van der Waals surface area contributed by atoms with E-state index in [2.05, 4.69) is 20.9 Å². The minimum atomic E-state index is -0.0726. The van der Waals surface area contributed by atoms with Crippen molar-refractivity contribution in [2.45, 2.75) is 63.1 Å². The minimum Gasteiger partial charge on any atom is -0.364 e. The Balaban J connectivity index is 1.18. The molecule has 0 spiro atoms. The molecule has 2 saturated carbocycles. The molecule has 0 saturated heterocycles. The summed E-state index contributed by atoms with van der Waals surface area (Å²) < 4.78 is 6.60. The molecule has 2 heterocycles. The molecule has 2 aromatic heterocycles. The lowest BCUT2D eigenvalue weighted by Gasteiger charge is -2.36. The van der Waals surface area contributed by atoms with Gasteiger partial charge in [0, 0.05) is 30.3 Å². The van der Waals surface area contributed by atoms with Gasteiger partial charge in [0.1, 0.15) is 12.0 Å². The molecule has 0 atom stereocenters. The lowest BCUT2D eigenvalue weighted by Crippen LogP contribution is -2.54. The number of hydrogen-bond acceptors (Lipinski definition) is 5. The smallest absolute Gasteiger partial charge is 0.269 e. The Kier molecular flexibility index (Phi) is 4.73. The number of amides is 2. The van der Waals surface area contributed by atoms with Crippen LogP contribution in [0.5, 0.6) is 0 Å². The largest absolute Gasteiger partial charge is 0.364 e. The first-order valence-electron chi connectivity index (χ1n) is 9.21. The summed E-state index contributed by atoms with van der Waals surface area (Å²) in [7, 11) is 0. The van der Waals surface area contributed by atoms with Crippen LogP contribution in [0.25, 0.3) is 0 Å². The molecular weight excluding hydrogens is 334 g/mol. The molecule has 2 aliphatic rings. The van der Waals surface area contributed by atoms with E-state index in [0.717, 1.165) is 31.2 Å². The minimum absolute atomic E-state index is 0.0176. The van der Waals surface area contributed by atoms with E-state index in [4.69, 9.17) is 4.52 Å². The highest BCUT2D eigenvalue weighted by atomic mass is 16.5. The van der Waals surface area contributed by atoms with Gasteiger partial charge in [0.2, 0.25) is 5.91 Å². The molecule has 0 aromatic carbocycles. The van der Waals surface area contributed by atoms with Gasteiger partial charge in [-0.25, -0.2) is 0 Å². The topological polar surface area (TPSA) is 102 Å². The molecular formula is C18H23N5O3. The highest BCUT2D eigenvalue weighted by molar-refractivity contribution is 5.92. The van der Waals surface area contributed by atoms with Gasteiger partial charge < -0.3 is 15.2 Å². The maximum atomic E-state index is 12.5. The van der Waals surface area contributed by atoms with E-state index in [1.54, 1.807) is 24.7 Å². The number of rotatable bonds is 7. The number of aryl methyl sites for hydroxylation is 1. The van der Waals surface area contributed by atoms with E-state index in [0.29, 0.717) is 24.6 Å². The molecule has 0 radical (unpaired) electrons. The highest BCUT2D eigenvalue weighted by Crippen LogP contribution is 2.32. The summed E-state index contributed by atoms with van der Waals surface area (Å²) >= 11 is 0. The zero-order valence-electron chi connectivity index (χ0n) is 14.6. The Labute approximate surface area is 151 Å². The van der Waals surface area contributed by atoms with Crippen molar-refractivity contribution in [3.05, 3.63) is 36.0 Å². The molecule has 0 bridgehead atoms. The van der Waals surface area contributed by atoms with E-state index >= 15 is 0 Å². The summed E-state index contributed by atoms with van der Waals surface area (Å²) in [6, 6.07) is 2.38. The van der Waals surface area contributed by atoms with Crippen molar-refractivity contribution in [2.24, 2.45) is 0 Å². The first-order valence-corrected chi connectivity index (χ1v) is 9.21. The van der Waals surface area contributed by atoms with E-state index < -0.39 is 0 Å². The van der Waals surface area contributed by atoms with Gasteiger partial charge in [-0.15, -0.1) is 0 Å². The Morgan fingerprint density at radius 1 is 1.23 bits per heavy atom. The fraction of sp³-hybridized carbons (Fsp3) is 0.556. The van der Waals surface area contributed by atoms with E-state index in [-0.39, 0.29) is 23.9 Å². The van der Waals surface area contributed by atoms with Crippen molar-refractivity contribution in [1.82, 2.24) is 25.6 Å². The molecule has 138 valence electrons. The number of carbonyl (C=O) groups is 2. The number of nitrogens with zero attached hydrogens (tertiary/aromatic N) is 3. The maximum Gasteiger partial charge on any atom is 0.269 e. The zero-order chi connectivity index (χ0) is 17.9. The molecule has 2 aliphatic carbocycles. The van der Waals surface area contributed by atoms with Crippen molar-refractivity contribution in [2.75, 3.05) is 0 Å². The average molecular weight is 357 g/mol. The number of aromatic nitrogens is 3. The summed E-state index contributed by atoms with van der Waals surface area (Å²) in [6.07, 6.45) is 10.8. The van der Waals surface area contributed by atoms with Crippen LogP contribution >= 0.6 is 0 Å². The van der Waals surface area contributed by atoms with Crippen LogP contribution in [0.2, 0.25) is 0 Å². The summed E-state index contributed by atoms with van der Waals surface area (Å²) in [4.78, 5) is 24.4. The lowest BCUT2D eigenvalue weighted by molar-refractivity contribution is -0.122. The molecule has 26 heavy (non-hydrogen) atoms. The predicted octanol–water partition coefficient (Wildman–Crippen LogP) is 1.61.